The first kappa shape index (κ1) is 27.5. The zero-order chi connectivity index (χ0) is 28.6. The Bertz CT molecular complexity index is 1530. The molecule has 2 saturated heterocycles. The van der Waals surface area contributed by atoms with E-state index in [0.29, 0.717) is 25.2 Å². The Kier molecular flexibility index (Phi) is 7.34. The number of nitrogens with zero attached hydrogens (tertiary/aromatic N) is 4. The number of sulfone groups is 1. The van der Waals surface area contributed by atoms with Gasteiger partial charge >= 0.3 is 0 Å². The van der Waals surface area contributed by atoms with Gasteiger partial charge < -0.3 is 14.7 Å². The number of piperidine rings is 1. The van der Waals surface area contributed by atoms with E-state index in [0.717, 1.165) is 61.5 Å². The minimum Gasteiger partial charge on any atom is -0.338 e. The molecule has 0 bridgehead atoms. The lowest BCUT2D eigenvalue weighted by atomic mass is 9.85. The Hall–Kier alpha value is -3.69. The molecule has 0 N–H and O–H groups in total. The summed E-state index contributed by atoms with van der Waals surface area (Å²) in [4.78, 5) is 35.1. The summed E-state index contributed by atoms with van der Waals surface area (Å²) in [5, 5.41) is 0. The van der Waals surface area contributed by atoms with E-state index >= 15 is 0 Å². The number of amides is 2. The third-order valence-corrected chi connectivity index (χ3v) is 9.51. The molecular weight excluding hydrogens is 536 g/mol. The van der Waals surface area contributed by atoms with Crippen molar-refractivity contribution in [3.63, 3.8) is 0 Å². The number of benzene rings is 3. The molecule has 9 heteroatoms. The summed E-state index contributed by atoms with van der Waals surface area (Å²) < 4.78 is 23.5. The predicted octanol–water partition coefficient (Wildman–Crippen LogP) is 3.86. The monoisotopic (exact) mass is 572 g/mol. The number of carbonyl (C=O) groups is 2. The number of para-hydroxylation sites is 2. The van der Waals surface area contributed by atoms with Gasteiger partial charge in [0.15, 0.2) is 9.84 Å². The summed E-state index contributed by atoms with van der Waals surface area (Å²) in [5.74, 6) is 0.245. The molecule has 214 valence electrons. The molecular formula is C32H36N4O4S. The third-order valence-electron chi connectivity index (χ3n) is 8.65. The fraction of sp³-hybridized carbons (Fsp3) is 0.375. The molecule has 6 rings (SSSR count). The number of hydrogen-bond donors (Lipinski definition) is 0. The Balaban J connectivity index is 1.14. The standard InChI is InChI=1S/C32H36N4O4S/c1-41(39,40)23-25-12-14-27(15-13-25)35-24-36(28-9-3-2-4-10-28)32(31(35)38)16-20-33(21-17-32)18-7-19-34-29-11-6-5-8-26(29)22-30(34)37/h2-6,8-15H,7,16-24H2,1H3. The number of hydrogen-bond acceptors (Lipinski definition) is 6. The first-order valence-electron chi connectivity index (χ1n) is 14.3. The van der Waals surface area contributed by atoms with E-state index in [2.05, 4.69) is 21.9 Å². The van der Waals surface area contributed by atoms with E-state index in [1.54, 1.807) is 12.1 Å². The van der Waals surface area contributed by atoms with Gasteiger partial charge in [0.2, 0.25) is 5.91 Å². The van der Waals surface area contributed by atoms with E-state index in [1.165, 1.54) is 6.26 Å². The third kappa shape index (κ3) is 5.48. The van der Waals surface area contributed by atoms with Crippen molar-refractivity contribution in [2.75, 3.05) is 53.8 Å². The number of carbonyl (C=O) groups excluding carboxylic acids is 2. The number of likely N-dealkylation sites (tertiary alicyclic amines) is 1. The summed E-state index contributed by atoms with van der Waals surface area (Å²) in [5.41, 5.74) is 4.03. The van der Waals surface area contributed by atoms with Crippen LogP contribution >= 0.6 is 0 Å². The highest BCUT2D eigenvalue weighted by Gasteiger charge is 2.54. The van der Waals surface area contributed by atoms with Gasteiger partial charge in [0.25, 0.3) is 5.91 Å². The quantitative estimate of drug-likeness (QED) is 0.408. The molecule has 3 aliphatic heterocycles. The van der Waals surface area contributed by atoms with Crippen molar-refractivity contribution in [2.24, 2.45) is 0 Å². The molecule has 3 aromatic rings. The SMILES string of the molecule is CS(=O)(=O)Cc1ccc(N2CN(c3ccccc3)C3(CCN(CCCN4C(=O)Cc5ccccc54)CC3)C2=O)cc1. The molecule has 41 heavy (non-hydrogen) atoms. The van der Waals surface area contributed by atoms with Crippen LogP contribution in [0.4, 0.5) is 17.1 Å². The zero-order valence-corrected chi connectivity index (χ0v) is 24.2. The summed E-state index contributed by atoms with van der Waals surface area (Å²) in [6, 6.07) is 25.4. The number of fused-ring (bicyclic) bond motifs is 1. The van der Waals surface area contributed by atoms with Crippen LogP contribution in [0.1, 0.15) is 30.4 Å². The molecule has 3 heterocycles. The fourth-order valence-corrected chi connectivity index (χ4v) is 7.36. The van der Waals surface area contributed by atoms with Crippen molar-refractivity contribution < 1.29 is 18.0 Å². The molecule has 0 aliphatic carbocycles. The van der Waals surface area contributed by atoms with Gasteiger partial charge in [-0.1, -0.05) is 48.5 Å². The minimum atomic E-state index is -3.13. The lowest BCUT2D eigenvalue weighted by Gasteiger charge is -2.43. The average molecular weight is 573 g/mol. The molecule has 0 saturated carbocycles. The summed E-state index contributed by atoms with van der Waals surface area (Å²) in [7, 11) is -3.13. The molecule has 0 unspecified atom stereocenters. The van der Waals surface area contributed by atoms with Crippen LogP contribution in [0.2, 0.25) is 0 Å². The molecule has 0 radical (unpaired) electrons. The van der Waals surface area contributed by atoms with Gasteiger partial charge in [-0.2, -0.15) is 0 Å². The summed E-state index contributed by atoms with van der Waals surface area (Å²) >= 11 is 0. The highest BCUT2D eigenvalue weighted by molar-refractivity contribution is 7.89. The summed E-state index contributed by atoms with van der Waals surface area (Å²) in [6.07, 6.45) is 4.03. The molecule has 2 fully saturated rings. The van der Waals surface area contributed by atoms with Crippen LogP contribution < -0.4 is 14.7 Å². The minimum absolute atomic E-state index is 0.0183. The highest BCUT2D eigenvalue weighted by Crippen LogP contribution is 2.41. The maximum Gasteiger partial charge on any atom is 0.254 e. The molecule has 3 aromatic carbocycles. The van der Waals surface area contributed by atoms with Crippen molar-refractivity contribution in [3.05, 3.63) is 90.0 Å². The molecule has 0 atom stereocenters. The van der Waals surface area contributed by atoms with Crippen molar-refractivity contribution >= 4 is 38.7 Å². The van der Waals surface area contributed by atoms with Crippen LogP contribution in [0.25, 0.3) is 0 Å². The lowest BCUT2D eigenvalue weighted by Crippen LogP contribution is -2.56. The van der Waals surface area contributed by atoms with Gasteiger partial charge in [-0.05, 0) is 67.3 Å². The van der Waals surface area contributed by atoms with Crippen LogP contribution in [-0.4, -0.2) is 69.8 Å². The van der Waals surface area contributed by atoms with E-state index in [9.17, 15) is 18.0 Å². The molecule has 1 spiro atoms. The molecule has 2 amide bonds. The van der Waals surface area contributed by atoms with Crippen LogP contribution in [0.5, 0.6) is 0 Å². The fourth-order valence-electron chi connectivity index (χ4n) is 6.56. The van der Waals surface area contributed by atoms with E-state index in [-0.39, 0.29) is 17.6 Å². The Morgan fingerprint density at radius 1 is 0.805 bits per heavy atom. The van der Waals surface area contributed by atoms with E-state index in [1.807, 2.05) is 64.4 Å². The molecule has 8 nitrogen and oxygen atoms in total. The van der Waals surface area contributed by atoms with Crippen molar-refractivity contribution in [1.82, 2.24) is 4.90 Å². The van der Waals surface area contributed by atoms with Crippen molar-refractivity contribution in [1.29, 1.82) is 0 Å². The first-order chi connectivity index (χ1) is 19.7. The largest absolute Gasteiger partial charge is 0.338 e. The average Bonchev–Trinajstić information content (AvgIpc) is 3.43. The van der Waals surface area contributed by atoms with Gasteiger partial charge in [0, 0.05) is 43.0 Å². The maximum atomic E-state index is 14.2. The number of rotatable bonds is 8. The van der Waals surface area contributed by atoms with E-state index in [4.69, 9.17) is 0 Å². The highest BCUT2D eigenvalue weighted by atomic mass is 32.2. The predicted molar refractivity (Wildman–Crippen MR) is 162 cm³/mol. The van der Waals surface area contributed by atoms with Gasteiger partial charge in [0.1, 0.15) is 5.54 Å². The van der Waals surface area contributed by atoms with Crippen LogP contribution in [0.3, 0.4) is 0 Å². The van der Waals surface area contributed by atoms with Gasteiger partial charge in [-0.25, -0.2) is 8.42 Å². The maximum absolute atomic E-state index is 14.2. The number of anilines is 3. The van der Waals surface area contributed by atoms with E-state index < -0.39 is 15.4 Å². The van der Waals surface area contributed by atoms with Crippen LogP contribution in [-0.2, 0) is 31.6 Å². The zero-order valence-electron chi connectivity index (χ0n) is 23.4. The second kappa shape index (κ2) is 10.9. The smallest absolute Gasteiger partial charge is 0.254 e. The normalized spacial score (nSPS) is 18.9. The van der Waals surface area contributed by atoms with Crippen LogP contribution in [0, 0.1) is 0 Å². The van der Waals surface area contributed by atoms with Gasteiger partial charge in [-0.3, -0.25) is 14.5 Å². The Morgan fingerprint density at radius 3 is 2.20 bits per heavy atom. The molecule has 3 aliphatic rings. The Labute approximate surface area is 242 Å². The second-order valence-electron chi connectivity index (χ2n) is 11.5. The topological polar surface area (TPSA) is 81.2 Å². The summed E-state index contributed by atoms with van der Waals surface area (Å²) in [6.45, 7) is 3.65. The first-order valence-corrected chi connectivity index (χ1v) is 16.3. The van der Waals surface area contributed by atoms with Crippen molar-refractivity contribution in [2.45, 2.75) is 37.0 Å². The van der Waals surface area contributed by atoms with Gasteiger partial charge in [0.05, 0.1) is 18.8 Å². The lowest BCUT2D eigenvalue weighted by molar-refractivity contribution is -0.123. The van der Waals surface area contributed by atoms with Crippen LogP contribution in [0.15, 0.2) is 78.9 Å². The second-order valence-corrected chi connectivity index (χ2v) is 13.6. The van der Waals surface area contributed by atoms with Crippen molar-refractivity contribution in [3.8, 4) is 0 Å². The molecule has 0 aromatic heterocycles. The Morgan fingerprint density at radius 2 is 1.49 bits per heavy atom. The van der Waals surface area contributed by atoms with Gasteiger partial charge in [-0.15, -0.1) is 0 Å².